The van der Waals surface area contributed by atoms with Crippen molar-refractivity contribution in [3.05, 3.63) is 358 Å². The van der Waals surface area contributed by atoms with E-state index in [1.54, 1.807) is 0 Å². The molecule has 0 aliphatic rings. The topological polar surface area (TPSA) is 104 Å². The summed E-state index contributed by atoms with van der Waals surface area (Å²) in [6, 6.07) is 119. The molecular weight excluding hydrogens is 1240 g/mol. The molecule has 1 N–H and O–H groups in total. The summed E-state index contributed by atoms with van der Waals surface area (Å²) in [6.07, 6.45) is 0. The summed E-state index contributed by atoms with van der Waals surface area (Å²) in [6.45, 7) is 0. The number of aromatic nitrogens is 9. The maximum Gasteiger partial charge on any atom is 0.167 e. The van der Waals surface area contributed by atoms with Crippen LogP contribution in [-0.2, 0) is 0 Å². The third kappa shape index (κ3) is 11.0. The van der Waals surface area contributed by atoms with Crippen LogP contribution in [0.25, 0.3) is 162 Å². The highest BCUT2D eigenvalue weighted by molar-refractivity contribution is 6.16. The third-order valence-electron chi connectivity index (χ3n) is 18.7. The number of nitrogens with one attached hydrogen (secondary N) is 1. The molecule has 0 saturated carbocycles. The van der Waals surface area contributed by atoms with Gasteiger partial charge in [-0.15, -0.1) is 0 Å². The lowest BCUT2D eigenvalue weighted by Crippen LogP contribution is -2.04. The number of fused-ring (bicyclic) bond motifs is 9. The van der Waals surface area contributed by atoms with Gasteiger partial charge < -0.3 is 19.0 Å². The first-order valence-electron chi connectivity index (χ1n) is 33.6. The Morgan fingerprint density at radius 2 is 0.535 bits per heavy atom. The molecule has 0 fully saturated rings. The zero-order valence-corrected chi connectivity index (χ0v) is 54.4. The Hall–Kier alpha value is -13.8. The fourth-order valence-electron chi connectivity index (χ4n) is 14.1. The highest BCUT2D eigenvalue weighted by Crippen LogP contribution is 2.44. The number of anilines is 2. The second kappa shape index (κ2) is 25.7. The van der Waals surface area contributed by atoms with Gasteiger partial charge >= 0.3 is 0 Å². The van der Waals surface area contributed by atoms with Gasteiger partial charge in [-0.25, -0.2) is 34.3 Å². The molecule has 19 rings (SSSR count). The predicted molar refractivity (Wildman–Crippen MR) is 410 cm³/mol. The van der Waals surface area contributed by atoms with Crippen molar-refractivity contribution in [1.29, 1.82) is 0 Å². The Labute approximate surface area is 581 Å². The molecular formula is C90H59FN10. The molecule has 0 spiro atoms. The normalized spacial score (nSPS) is 11.4. The van der Waals surface area contributed by atoms with Gasteiger partial charge in [0.25, 0.3) is 0 Å². The first-order chi connectivity index (χ1) is 50.0. The van der Waals surface area contributed by atoms with E-state index in [1.165, 1.54) is 10.8 Å². The molecule has 14 aromatic carbocycles. The number of nitrogens with zero attached hydrogens (tertiary/aromatic N) is 9. The summed E-state index contributed by atoms with van der Waals surface area (Å²) in [7, 11) is 0. The van der Waals surface area contributed by atoms with Crippen molar-refractivity contribution in [2.24, 2.45) is 0 Å². The Morgan fingerprint density at radius 1 is 0.228 bits per heavy atom. The molecule has 5 aromatic heterocycles. The average Bonchev–Trinajstić information content (AvgIpc) is 1.59. The van der Waals surface area contributed by atoms with Crippen molar-refractivity contribution >= 4 is 76.8 Å². The number of hydrogen-bond donors (Lipinski definition) is 1. The highest BCUT2D eigenvalue weighted by atomic mass is 19.1. The number of benzene rings is 14. The SMILES string of the molecule is Fc1c(-c2nc(-c3ccccc3)nc(-c3ccccc3)n2)cc(-n2c3ccccc3c3ccccc32)cc1-c1ccccc1Nc1ccccc1.c1ccc(-c2nc(-c3ccccc3)nc(-c3cc(-n4c5ccccc5c5ccccc54)cc4c5ccccc5n(-c5ccccc5)c34)n2)cc1. The fraction of sp³-hybridized carbons (Fsp3) is 0. The fourth-order valence-corrected chi connectivity index (χ4v) is 14.1. The second-order valence-electron chi connectivity index (χ2n) is 24.8. The van der Waals surface area contributed by atoms with Gasteiger partial charge in [-0.05, 0) is 84.9 Å². The van der Waals surface area contributed by atoms with Crippen LogP contribution in [0, 0.1) is 5.82 Å². The van der Waals surface area contributed by atoms with Crippen LogP contribution >= 0.6 is 0 Å². The molecule has 0 atom stereocenters. The lowest BCUT2D eigenvalue weighted by molar-refractivity contribution is 0.633. The van der Waals surface area contributed by atoms with Gasteiger partial charge in [-0.1, -0.05) is 267 Å². The molecule has 101 heavy (non-hydrogen) atoms. The van der Waals surface area contributed by atoms with Crippen LogP contribution in [0.5, 0.6) is 0 Å². The lowest BCUT2D eigenvalue weighted by atomic mass is 9.98. The molecule has 0 unspecified atom stereocenters. The minimum Gasteiger partial charge on any atom is -0.355 e. The van der Waals surface area contributed by atoms with Crippen LogP contribution in [0.1, 0.15) is 0 Å². The summed E-state index contributed by atoms with van der Waals surface area (Å²) in [4.78, 5) is 30.3. The van der Waals surface area contributed by atoms with Crippen molar-refractivity contribution in [1.82, 2.24) is 43.6 Å². The molecule has 0 radical (unpaired) electrons. The third-order valence-corrected chi connectivity index (χ3v) is 18.7. The van der Waals surface area contributed by atoms with Crippen molar-refractivity contribution in [3.63, 3.8) is 0 Å². The number of halogens is 1. The van der Waals surface area contributed by atoms with E-state index < -0.39 is 5.82 Å². The Balaban J connectivity index is 0.000000145. The molecule has 5 heterocycles. The highest BCUT2D eigenvalue weighted by Gasteiger charge is 2.26. The molecule has 0 bridgehead atoms. The van der Waals surface area contributed by atoms with E-state index in [0.29, 0.717) is 40.2 Å². The summed E-state index contributed by atoms with van der Waals surface area (Å²) in [5.74, 6) is 2.64. The minimum absolute atomic E-state index is 0.248. The van der Waals surface area contributed by atoms with Gasteiger partial charge in [0, 0.05) is 99.7 Å². The van der Waals surface area contributed by atoms with Crippen molar-refractivity contribution in [2.75, 3.05) is 5.32 Å². The largest absolute Gasteiger partial charge is 0.355 e. The van der Waals surface area contributed by atoms with Gasteiger partial charge in [-0.3, -0.25) is 0 Å². The summed E-state index contributed by atoms with van der Waals surface area (Å²) in [5, 5.41) is 10.5. The van der Waals surface area contributed by atoms with Crippen LogP contribution in [0.15, 0.2) is 352 Å². The number of hydrogen-bond acceptors (Lipinski definition) is 7. The predicted octanol–water partition coefficient (Wildman–Crippen LogP) is 22.6. The Bertz CT molecular complexity index is 6070. The second-order valence-corrected chi connectivity index (χ2v) is 24.8. The molecule has 0 aliphatic heterocycles. The van der Waals surface area contributed by atoms with E-state index in [0.717, 1.165) is 111 Å². The number of rotatable bonds is 12. The molecule has 476 valence electrons. The molecule has 19 aromatic rings. The van der Waals surface area contributed by atoms with E-state index >= 15 is 4.39 Å². The molecule has 10 nitrogen and oxygen atoms in total. The van der Waals surface area contributed by atoms with Gasteiger partial charge in [0.2, 0.25) is 0 Å². The van der Waals surface area contributed by atoms with Gasteiger partial charge in [0.15, 0.2) is 34.9 Å². The van der Waals surface area contributed by atoms with Crippen LogP contribution in [-0.4, -0.2) is 43.6 Å². The van der Waals surface area contributed by atoms with Crippen molar-refractivity contribution in [2.45, 2.75) is 0 Å². The molecule has 0 saturated heterocycles. The quantitative estimate of drug-likeness (QED) is 0.130. The van der Waals surface area contributed by atoms with E-state index in [-0.39, 0.29) is 11.4 Å². The number of para-hydroxylation sites is 8. The van der Waals surface area contributed by atoms with E-state index in [9.17, 15) is 0 Å². The first kappa shape index (κ1) is 59.7. The van der Waals surface area contributed by atoms with Gasteiger partial charge in [-0.2, -0.15) is 0 Å². The minimum atomic E-state index is -0.425. The van der Waals surface area contributed by atoms with E-state index in [1.807, 2.05) is 188 Å². The maximum absolute atomic E-state index is 17.5. The zero-order chi connectivity index (χ0) is 67.2. The molecule has 0 amide bonds. The Morgan fingerprint density at radius 3 is 0.970 bits per heavy atom. The van der Waals surface area contributed by atoms with Crippen LogP contribution in [0.3, 0.4) is 0 Å². The average molecular weight is 1300 g/mol. The van der Waals surface area contributed by atoms with E-state index in [2.05, 4.69) is 183 Å². The van der Waals surface area contributed by atoms with Crippen LogP contribution in [0.2, 0.25) is 0 Å². The van der Waals surface area contributed by atoms with Crippen LogP contribution < -0.4 is 5.32 Å². The van der Waals surface area contributed by atoms with Gasteiger partial charge in [0.05, 0.1) is 38.7 Å². The molecule has 0 aliphatic carbocycles. The van der Waals surface area contributed by atoms with Crippen LogP contribution in [0.4, 0.5) is 15.8 Å². The smallest absolute Gasteiger partial charge is 0.167 e. The molecule has 11 heteroatoms. The monoisotopic (exact) mass is 1300 g/mol. The standard InChI is InChI=1S/C45H30FN5.C45H29N5/c46-42-37(34-22-10-13-25-39(34)47-32-20-8-3-9-21-32)28-33(51-40-26-14-11-23-35(40)36-24-12-15-27-41(36)51)29-38(42)45-49-43(30-16-4-1-5-17-30)48-44(50-45)31-18-6-2-7-19-31;1-4-16-30(17-5-1)43-46-44(31-18-6-2-7-19-31)48-45(47-43)38-29-33(49-39-25-13-10-22-34(39)35-23-11-14-26-40(35)49)28-37-36-24-12-15-27-41(36)50(42(37)38)32-20-8-3-9-21-32/h1-29,47H;1-29H. The van der Waals surface area contributed by atoms with E-state index in [4.69, 9.17) is 29.9 Å². The maximum atomic E-state index is 17.5. The van der Waals surface area contributed by atoms with Gasteiger partial charge in [0.1, 0.15) is 5.82 Å². The summed E-state index contributed by atoms with van der Waals surface area (Å²) in [5.41, 5.74) is 16.9. The van der Waals surface area contributed by atoms with Crippen molar-refractivity contribution < 1.29 is 4.39 Å². The zero-order valence-electron chi connectivity index (χ0n) is 54.4. The summed E-state index contributed by atoms with van der Waals surface area (Å²) < 4.78 is 24.5. The lowest BCUT2D eigenvalue weighted by Gasteiger charge is -2.18. The summed E-state index contributed by atoms with van der Waals surface area (Å²) >= 11 is 0. The van der Waals surface area contributed by atoms with Crippen molar-refractivity contribution in [3.8, 4) is 96.5 Å². The Kier molecular flexibility index (Phi) is 15.2. The first-order valence-corrected chi connectivity index (χ1v) is 33.6.